The molecule has 3 nitrogen and oxygen atoms in total. The van der Waals surface area contributed by atoms with Crippen molar-refractivity contribution in [1.82, 2.24) is 9.97 Å². The van der Waals surface area contributed by atoms with Gasteiger partial charge >= 0.3 is 0 Å². The van der Waals surface area contributed by atoms with Crippen molar-refractivity contribution in [3.05, 3.63) is 83.9 Å². The molecule has 3 aromatic rings. The Morgan fingerprint density at radius 3 is 2.48 bits per heavy atom. The summed E-state index contributed by atoms with van der Waals surface area (Å²) in [5.74, 6) is 0.993. The van der Waals surface area contributed by atoms with Crippen LogP contribution in [0.5, 0.6) is 0 Å². The van der Waals surface area contributed by atoms with Crippen molar-refractivity contribution in [2.45, 2.75) is 32.9 Å². The standard InChI is InChI=1S/C20H23N3/c1-16(2)23(15-20-21-11-12-22-20)19-10-6-9-18(14-19)13-17-7-4-3-5-8-17/h3-12,14,16H,13,15H2,1-2H3,(H,21,22). The average molecular weight is 305 g/mol. The molecule has 0 fully saturated rings. The normalized spacial score (nSPS) is 10.9. The van der Waals surface area contributed by atoms with E-state index in [-0.39, 0.29) is 0 Å². The third-order valence-corrected chi connectivity index (χ3v) is 3.99. The van der Waals surface area contributed by atoms with Crippen LogP contribution in [0.4, 0.5) is 5.69 Å². The van der Waals surface area contributed by atoms with E-state index in [1.807, 2.05) is 6.20 Å². The van der Waals surface area contributed by atoms with Crippen molar-refractivity contribution in [3.8, 4) is 0 Å². The number of rotatable bonds is 6. The van der Waals surface area contributed by atoms with E-state index in [4.69, 9.17) is 0 Å². The quantitative estimate of drug-likeness (QED) is 0.731. The van der Waals surface area contributed by atoms with Gasteiger partial charge in [-0.2, -0.15) is 0 Å². The molecular formula is C20H23N3. The van der Waals surface area contributed by atoms with Crippen molar-refractivity contribution >= 4 is 5.69 Å². The maximum Gasteiger partial charge on any atom is 0.125 e. The highest BCUT2D eigenvalue weighted by atomic mass is 15.2. The number of aromatic nitrogens is 2. The molecule has 2 aromatic carbocycles. The van der Waals surface area contributed by atoms with E-state index in [2.05, 4.69) is 83.3 Å². The maximum atomic E-state index is 4.36. The fraction of sp³-hybridized carbons (Fsp3) is 0.250. The van der Waals surface area contributed by atoms with Gasteiger partial charge in [-0.3, -0.25) is 0 Å². The molecule has 0 saturated heterocycles. The monoisotopic (exact) mass is 305 g/mol. The largest absolute Gasteiger partial charge is 0.362 e. The molecule has 1 N–H and O–H groups in total. The summed E-state index contributed by atoms with van der Waals surface area (Å²) in [6.07, 6.45) is 4.64. The minimum Gasteiger partial charge on any atom is -0.362 e. The molecule has 3 rings (SSSR count). The van der Waals surface area contributed by atoms with Gasteiger partial charge in [-0.05, 0) is 43.5 Å². The van der Waals surface area contributed by atoms with Crippen LogP contribution < -0.4 is 4.90 Å². The van der Waals surface area contributed by atoms with Gasteiger partial charge in [0.25, 0.3) is 0 Å². The second kappa shape index (κ2) is 7.14. The Labute approximate surface area is 138 Å². The smallest absolute Gasteiger partial charge is 0.125 e. The summed E-state index contributed by atoms with van der Waals surface area (Å²) in [5.41, 5.74) is 3.91. The van der Waals surface area contributed by atoms with Gasteiger partial charge in [0.15, 0.2) is 0 Å². The van der Waals surface area contributed by atoms with Gasteiger partial charge in [-0.15, -0.1) is 0 Å². The van der Waals surface area contributed by atoms with Crippen LogP contribution in [0, 0.1) is 0 Å². The van der Waals surface area contributed by atoms with E-state index in [1.54, 1.807) is 6.20 Å². The van der Waals surface area contributed by atoms with E-state index < -0.39 is 0 Å². The Balaban J connectivity index is 1.81. The van der Waals surface area contributed by atoms with Crippen molar-refractivity contribution in [2.24, 2.45) is 0 Å². The van der Waals surface area contributed by atoms with Crippen LogP contribution in [0.2, 0.25) is 0 Å². The molecule has 0 aliphatic carbocycles. The van der Waals surface area contributed by atoms with E-state index >= 15 is 0 Å². The Bertz CT molecular complexity index is 718. The molecule has 0 spiro atoms. The number of hydrogen-bond donors (Lipinski definition) is 1. The fourth-order valence-electron chi connectivity index (χ4n) is 2.79. The Morgan fingerprint density at radius 1 is 1.00 bits per heavy atom. The van der Waals surface area contributed by atoms with Crippen LogP contribution >= 0.6 is 0 Å². The number of nitrogens with zero attached hydrogens (tertiary/aromatic N) is 2. The third-order valence-electron chi connectivity index (χ3n) is 3.99. The van der Waals surface area contributed by atoms with Crippen molar-refractivity contribution in [1.29, 1.82) is 0 Å². The van der Waals surface area contributed by atoms with Crippen LogP contribution in [0.15, 0.2) is 67.0 Å². The summed E-state index contributed by atoms with van der Waals surface area (Å²) in [6, 6.07) is 19.8. The van der Waals surface area contributed by atoms with Crippen molar-refractivity contribution in [2.75, 3.05) is 4.90 Å². The van der Waals surface area contributed by atoms with Gasteiger partial charge in [0, 0.05) is 24.1 Å². The molecular weight excluding hydrogens is 282 g/mol. The zero-order valence-corrected chi connectivity index (χ0v) is 13.7. The van der Waals surface area contributed by atoms with Gasteiger partial charge in [0.1, 0.15) is 5.82 Å². The van der Waals surface area contributed by atoms with Crippen LogP contribution in [0.3, 0.4) is 0 Å². The fourth-order valence-corrected chi connectivity index (χ4v) is 2.79. The second-order valence-corrected chi connectivity index (χ2v) is 6.09. The Kier molecular flexibility index (Phi) is 4.77. The number of benzene rings is 2. The summed E-state index contributed by atoms with van der Waals surface area (Å²) in [4.78, 5) is 9.92. The Hall–Kier alpha value is -2.55. The molecule has 0 aliphatic heterocycles. The number of imidazole rings is 1. The van der Waals surface area contributed by atoms with Crippen molar-refractivity contribution < 1.29 is 0 Å². The number of hydrogen-bond acceptors (Lipinski definition) is 2. The van der Waals surface area contributed by atoms with E-state index in [1.165, 1.54) is 16.8 Å². The van der Waals surface area contributed by atoms with Gasteiger partial charge in [0.05, 0.1) is 6.54 Å². The highest BCUT2D eigenvalue weighted by molar-refractivity contribution is 5.50. The average Bonchev–Trinajstić information content (AvgIpc) is 3.07. The number of H-pyrrole nitrogens is 1. The predicted octanol–water partition coefficient (Wildman–Crippen LogP) is 4.42. The molecule has 3 heteroatoms. The first-order chi connectivity index (χ1) is 11.2. The topological polar surface area (TPSA) is 31.9 Å². The number of aromatic amines is 1. The van der Waals surface area contributed by atoms with E-state index in [0.29, 0.717) is 6.04 Å². The maximum absolute atomic E-state index is 4.36. The van der Waals surface area contributed by atoms with Crippen molar-refractivity contribution in [3.63, 3.8) is 0 Å². The van der Waals surface area contributed by atoms with Crippen LogP contribution in [-0.4, -0.2) is 16.0 Å². The molecule has 0 atom stereocenters. The van der Waals surface area contributed by atoms with Gasteiger partial charge < -0.3 is 9.88 Å². The molecule has 118 valence electrons. The molecule has 0 radical (unpaired) electrons. The molecule has 0 bridgehead atoms. The van der Waals surface area contributed by atoms with E-state index in [9.17, 15) is 0 Å². The molecule has 0 saturated carbocycles. The number of nitrogens with one attached hydrogen (secondary N) is 1. The summed E-state index contributed by atoms with van der Waals surface area (Å²) in [7, 11) is 0. The number of anilines is 1. The Morgan fingerprint density at radius 2 is 1.78 bits per heavy atom. The lowest BCUT2D eigenvalue weighted by molar-refractivity contribution is 0.666. The van der Waals surface area contributed by atoms with Crippen LogP contribution in [0.25, 0.3) is 0 Å². The first-order valence-corrected chi connectivity index (χ1v) is 8.10. The summed E-state index contributed by atoms with van der Waals surface area (Å²) >= 11 is 0. The minimum atomic E-state index is 0.409. The molecule has 0 amide bonds. The molecule has 1 aromatic heterocycles. The lowest BCUT2D eigenvalue weighted by atomic mass is 10.0. The minimum absolute atomic E-state index is 0.409. The summed E-state index contributed by atoms with van der Waals surface area (Å²) < 4.78 is 0. The third kappa shape index (κ3) is 4.01. The molecule has 0 unspecified atom stereocenters. The van der Waals surface area contributed by atoms with E-state index in [0.717, 1.165) is 18.8 Å². The second-order valence-electron chi connectivity index (χ2n) is 6.09. The lowest BCUT2D eigenvalue weighted by Gasteiger charge is -2.28. The van der Waals surface area contributed by atoms with Gasteiger partial charge in [-0.25, -0.2) is 4.98 Å². The van der Waals surface area contributed by atoms with Crippen LogP contribution in [-0.2, 0) is 13.0 Å². The first-order valence-electron chi connectivity index (χ1n) is 8.10. The summed E-state index contributed by atoms with van der Waals surface area (Å²) in [6.45, 7) is 5.22. The summed E-state index contributed by atoms with van der Waals surface area (Å²) in [5, 5.41) is 0. The molecule has 1 heterocycles. The lowest BCUT2D eigenvalue weighted by Crippen LogP contribution is -2.30. The first kappa shape index (κ1) is 15.3. The SMILES string of the molecule is CC(C)N(Cc1ncc[nH]1)c1cccc(Cc2ccccc2)c1. The van der Waals surface area contributed by atoms with Gasteiger partial charge in [-0.1, -0.05) is 42.5 Å². The van der Waals surface area contributed by atoms with Crippen LogP contribution in [0.1, 0.15) is 30.8 Å². The highest BCUT2D eigenvalue weighted by Crippen LogP contribution is 2.22. The highest BCUT2D eigenvalue weighted by Gasteiger charge is 2.13. The zero-order chi connectivity index (χ0) is 16.1. The molecule has 23 heavy (non-hydrogen) atoms. The zero-order valence-electron chi connectivity index (χ0n) is 13.7. The van der Waals surface area contributed by atoms with Gasteiger partial charge in [0.2, 0.25) is 0 Å². The predicted molar refractivity (Wildman–Crippen MR) is 95.6 cm³/mol. The molecule has 0 aliphatic rings.